The molecule has 0 atom stereocenters. The van der Waals surface area contributed by atoms with Crippen molar-refractivity contribution in [2.45, 2.75) is 26.7 Å². The van der Waals surface area contributed by atoms with Crippen molar-refractivity contribution >= 4 is 15.9 Å². The third kappa shape index (κ3) is 7.42. The number of allylic oxidation sites excluding steroid dienone is 1. The first-order valence-electron chi connectivity index (χ1n) is 5.31. The molecule has 0 aliphatic rings. The summed E-state index contributed by atoms with van der Waals surface area (Å²) in [4.78, 5) is 3.98. The lowest BCUT2D eigenvalue weighted by Crippen LogP contribution is -2.32. The maximum atomic E-state index is 11.5. The van der Waals surface area contributed by atoms with Gasteiger partial charge in [0.05, 0.1) is 18.9 Å². The lowest BCUT2D eigenvalue weighted by Gasteiger charge is -2.08. The van der Waals surface area contributed by atoms with Gasteiger partial charge < -0.3 is 5.11 Å². The summed E-state index contributed by atoms with van der Waals surface area (Å²) in [6.45, 7) is 3.85. The van der Waals surface area contributed by atoms with Gasteiger partial charge in [-0.3, -0.25) is 9.71 Å². The molecule has 6 heteroatoms. The minimum Gasteiger partial charge on any atom is -0.394 e. The normalized spacial score (nSPS) is 13.3. The van der Waals surface area contributed by atoms with Crippen molar-refractivity contribution in [3.63, 3.8) is 0 Å². The quantitative estimate of drug-likeness (QED) is 0.395. The van der Waals surface area contributed by atoms with Crippen molar-refractivity contribution in [1.82, 2.24) is 4.72 Å². The summed E-state index contributed by atoms with van der Waals surface area (Å²) < 4.78 is 25.5. The Labute approximate surface area is 97.3 Å². The Morgan fingerprint density at radius 1 is 1.50 bits per heavy atom. The van der Waals surface area contributed by atoms with Crippen LogP contribution in [0.3, 0.4) is 0 Å². The standard InChI is InChI=1S/C10H20N2O3S/c1-3-5-9-16(14,15)12-10(6-4-2)11-7-8-13/h3,5,13H,4,6-9H2,1-2H3,(H,11,12)/b5-3-. The van der Waals surface area contributed by atoms with Gasteiger partial charge in [-0.15, -0.1) is 0 Å². The fourth-order valence-corrected chi connectivity index (χ4v) is 2.08. The van der Waals surface area contributed by atoms with Gasteiger partial charge in [0.2, 0.25) is 10.0 Å². The van der Waals surface area contributed by atoms with E-state index in [9.17, 15) is 8.42 Å². The van der Waals surface area contributed by atoms with Crippen LogP contribution in [0.15, 0.2) is 17.1 Å². The van der Waals surface area contributed by atoms with E-state index in [4.69, 9.17) is 5.11 Å². The Kier molecular flexibility index (Phi) is 7.84. The predicted molar refractivity (Wildman–Crippen MR) is 66.0 cm³/mol. The van der Waals surface area contributed by atoms with E-state index in [0.717, 1.165) is 6.42 Å². The topological polar surface area (TPSA) is 78.8 Å². The Bertz CT molecular complexity index is 334. The van der Waals surface area contributed by atoms with E-state index in [0.29, 0.717) is 12.3 Å². The van der Waals surface area contributed by atoms with Crippen molar-refractivity contribution in [1.29, 1.82) is 0 Å². The lowest BCUT2D eigenvalue weighted by atomic mass is 10.3. The SMILES string of the molecule is C/C=C\CS(=O)(=O)NC(CCC)=NCCO. The van der Waals surface area contributed by atoms with Crippen LogP contribution in [-0.2, 0) is 10.0 Å². The Hall–Kier alpha value is -0.880. The van der Waals surface area contributed by atoms with Gasteiger partial charge in [0.25, 0.3) is 0 Å². The van der Waals surface area contributed by atoms with Crippen LogP contribution < -0.4 is 4.72 Å². The molecule has 0 rings (SSSR count). The first-order valence-corrected chi connectivity index (χ1v) is 6.96. The fraction of sp³-hybridized carbons (Fsp3) is 0.700. The van der Waals surface area contributed by atoms with Crippen LogP contribution in [-0.4, -0.2) is 38.3 Å². The highest BCUT2D eigenvalue weighted by Gasteiger charge is 2.10. The molecular formula is C10H20N2O3S. The van der Waals surface area contributed by atoms with Gasteiger partial charge in [0.15, 0.2) is 0 Å². The van der Waals surface area contributed by atoms with Crippen LogP contribution in [0, 0.1) is 0 Å². The second kappa shape index (κ2) is 8.29. The minimum absolute atomic E-state index is 0.0502. The van der Waals surface area contributed by atoms with E-state index in [1.54, 1.807) is 19.1 Å². The van der Waals surface area contributed by atoms with Gasteiger partial charge in [-0.25, -0.2) is 8.42 Å². The summed E-state index contributed by atoms with van der Waals surface area (Å²) >= 11 is 0. The Morgan fingerprint density at radius 3 is 2.69 bits per heavy atom. The third-order valence-corrected chi connectivity index (χ3v) is 2.89. The number of hydrogen-bond acceptors (Lipinski definition) is 4. The van der Waals surface area contributed by atoms with E-state index in [-0.39, 0.29) is 18.9 Å². The summed E-state index contributed by atoms with van der Waals surface area (Å²) in [5.41, 5.74) is 0. The fourth-order valence-electron chi connectivity index (χ4n) is 1.03. The van der Waals surface area contributed by atoms with E-state index in [1.807, 2.05) is 6.92 Å². The molecule has 0 aromatic heterocycles. The largest absolute Gasteiger partial charge is 0.394 e. The third-order valence-electron chi connectivity index (χ3n) is 1.71. The van der Waals surface area contributed by atoms with Crippen LogP contribution >= 0.6 is 0 Å². The molecule has 94 valence electrons. The number of amidine groups is 1. The molecule has 0 unspecified atom stereocenters. The average molecular weight is 248 g/mol. The maximum Gasteiger partial charge on any atom is 0.237 e. The molecule has 0 radical (unpaired) electrons. The maximum absolute atomic E-state index is 11.5. The number of aliphatic hydroxyl groups is 1. The van der Waals surface area contributed by atoms with E-state index >= 15 is 0 Å². The smallest absolute Gasteiger partial charge is 0.237 e. The Morgan fingerprint density at radius 2 is 2.19 bits per heavy atom. The van der Waals surface area contributed by atoms with Crippen LogP contribution in [0.4, 0.5) is 0 Å². The van der Waals surface area contributed by atoms with Gasteiger partial charge in [0, 0.05) is 6.42 Å². The van der Waals surface area contributed by atoms with Crippen molar-refractivity contribution < 1.29 is 13.5 Å². The van der Waals surface area contributed by atoms with Crippen LogP contribution in [0.2, 0.25) is 0 Å². The summed E-state index contributed by atoms with van der Waals surface area (Å²) in [5, 5.41) is 8.63. The molecule has 0 aliphatic heterocycles. The molecule has 0 bridgehead atoms. The predicted octanol–water partition coefficient (Wildman–Crippen LogP) is 0.673. The molecule has 0 aromatic carbocycles. The summed E-state index contributed by atoms with van der Waals surface area (Å²) in [6, 6.07) is 0. The molecule has 2 N–H and O–H groups in total. The molecule has 0 heterocycles. The molecule has 0 saturated heterocycles. The second-order valence-electron chi connectivity index (χ2n) is 3.25. The van der Waals surface area contributed by atoms with Gasteiger partial charge in [-0.1, -0.05) is 19.1 Å². The summed E-state index contributed by atoms with van der Waals surface area (Å²) in [5.74, 6) is 0.367. The average Bonchev–Trinajstić information content (AvgIpc) is 2.23. The van der Waals surface area contributed by atoms with Crippen molar-refractivity contribution in [3.8, 4) is 0 Å². The molecule has 5 nitrogen and oxygen atoms in total. The lowest BCUT2D eigenvalue weighted by molar-refractivity contribution is 0.306. The van der Waals surface area contributed by atoms with Crippen molar-refractivity contribution in [2.24, 2.45) is 4.99 Å². The van der Waals surface area contributed by atoms with Gasteiger partial charge in [0.1, 0.15) is 5.84 Å². The number of nitrogens with zero attached hydrogens (tertiary/aromatic N) is 1. The molecular weight excluding hydrogens is 228 g/mol. The van der Waals surface area contributed by atoms with Crippen LogP contribution in [0.1, 0.15) is 26.7 Å². The van der Waals surface area contributed by atoms with Gasteiger partial charge in [-0.05, 0) is 13.3 Å². The zero-order chi connectivity index (χ0) is 12.4. The Balaban J connectivity index is 4.49. The molecule has 0 fully saturated rings. The molecule has 0 spiro atoms. The first kappa shape index (κ1) is 15.1. The molecule has 0 aromatic rings. The highest BCUT2D eigenvalue weighted by molar-refractivity contribution is 7.90. The van der Waals surface area contributed by atoms with Crippen LogP contribution in [0.5, 0.6) is 0 Å². The van der Waals surface area contributed by atoms with E-state index < -0.39 is 10.0 Å². The number of sulfonamides is 1. The van der Waals surface area contributed by atoms with Gasteiger partial charge in [-0.2, -0.15) is 0 Å². The number of nitrogens with one attached hydrogen (secondary N) is 1. The molecule has 0 amide bonds. The number of rotatable bonds is 7. The van der Waals surface area contributed by atoms with Crippen LogP contribution in [0.25, 0.3) is 0 Å². The van der Waals surface area contributed by atoms with Crippen molar-refractivity contribution in [2.75, 3.05) is 18.9 Å². The molecule has 0 aliphatic carbocycles. The minimum atomic E-state index is -3.34. The number of aliphatic hydroxyl groups excluding tert-OH is 1. The zero-order valence-electron chi connectivity index (χ0n) is 9.81. The van der Waals surface area contributed by atoms with Gasteiger partial charge >= 0.3 is 0 Å². The second-order valence-corrected chi connectivity index (χ2v) is 5.02. The van der Waals surface area contributed by atoms with Crippen molar-refractivity contribution in [3.05, 3.63) is 12.2 Å². The van der Waals surface area contributed by atoms with E-state index in [1.165, 1.54) is 0 Å². The summed E-state index contributed by atoms with van der Waals surface area (Å²) in [6.07, 6.45) is 4.62. The monoisotopic (exact) mass is 248 g/mol. The molecule has 0 saturated carbocycles. The molecule has 16 heavy (non-hydrogen) atoms. The zero-order valence-corrected chi connectivity index (χ0v) is 10.6. The first-order chi connectivity index (χ1) is 7.55. The highest BCUT2D eigenvalue weighted by Crippen LogP contribution is 1.94. The van der Waals surface area contributed by atoms with E-state index in [2.05, 4.69) is 9.71 Å². The number of hydrogen-bond donors (Lipinski definition) is 2. The number of aliphatic imine (C=N–C) groups is 1. The summed E-state index contributed by atoms with van der Waals surface area (Å²) in [7, 11) is -3.34. The highest BCUT2D eigenvalue weighted by atomic mass is 32.2.